The second kappa shape index (κ2) is 9.67. The Bertz CT molecular complexity index is 1350. The second-order valence-corrected chi connectivity index (χ2v) is 8.70. The van der Waals surface area contributed by atoms with Crippen LogP contribution in [0.25, 0.3) is 10.9 Å². The zero-order chi connectivity index (χ0) is 24.4. The minimum absolute atomic E-state index is 0.00970. The maximum Gasteiger partial charge on any atom is 0.344 e. The number of hydrogen-bond donors (Lipinski definition) is 1. The smallest absolute Gasteiger partial charge is 0.344 e. The van der Waals surface area contributed by atoms with E-state index in [0.717, 1.165) is 17.0 Å². The van der Waals surface area contributed by atoms with Crippen molar-refractivity contribution in [1.29, 1.82) is 0 Å². The van der Waals surface area contributed by atoms with Gasteiger partial charge in [-0.15, -0.1) is 0 Å². The number of fused-ring (bicyclic) bond motifs is 1. The SMILES string of the molecule is CC(C)c1nc2ccc(Br)cc2c(=O)n1N=Cc1cc(Cl)cc([N+](=O)[O-])c1O[C@@H](C)C(=O)O. The summed E-state index contributed by atoms with van der Waals surface area (Å²) in [6.07, 6.45) is -0.229. The number of carboxylic acid groups (broad SMARTS) is 1. The molecular formula is C21H18BrClN4O6. The molecule has 0 fully saturated rings. The standard InChI is InChI=1S/C21H18BrClN4O6/c1-10(2)19-25-16-5-4-13(22)7-15(16)20(28)26(19)24-9-12-6-14(23)8-17(27(31)32)18(12)33-11(3)21(29)30/h4-11H,1-3H3,(H,29,30)/t11-/m0/s1. The predicted octanol–water partition coefficient (Wildman–Crippen LogP) is 4.58. The van der Waals surface area contributed by atoms with Crippen molar-refractivity contribution < 1.29 is 19.6 Å². The zero-order valence-electron chi connectivity index (χ0n) is 17.7. The van der Waals surface area contributed by atoms with Crippen LogP contribution in [0.3, 0.4) is 0 Å². The molecular weight excluding hydrogens is 520 g/mol. The lowest BCUT2D eigenvalue weighted by atomic mass is 10.1. The number of halogens is 2. The van der Waals surface area contributed by atoms with Gasteiger partial charge in [0.05, 0.1) is 22.0 Å². The Labute approximate surface area is 200 Å². The highest BCUT2D eigenvalue weighted by atomic mass is 79.9. The molecule has 1 aromatic heterocycles. The molecule has 10 nitrogen and oxygen atoms in total. The first kappa shape index (κ1) is 24.3. The topological polar surface area (TPSA) is 137 Å². The Morgan fingerprint density at radius 2 is 2.03 bits per heavy atom. The highest BCUT2D eigenvalue weighted by molar-refractivity contribution is 9.10. The first-order valence-corrected chi connectivity index (χ1v) is 10.8. The van der Waals surface area contributed by atoms with E-state index in [4.69, 9.17) is 16.3 Å². The van der Waals surface area contributed by atoms with Crippen LogP contribution in [0, 0.1) is 10.1 Å². The summed E-state index contributed by atoms with van der Waals surface area (Å²) in [5, 5.41) is 25.3. The number of benzene rings is 2. The number of hydrogen-bond acceptors (Lipinski definition) is 7. The molecule has 0 aliphatic carbocycles. The van der Waals surface area contributed by atoms with Crippen molar-refractivity contribution in [2.75, 3.05) is 0 Å². The van der Waals surface area contributed by atoms with E-state index in [1.807, 2.05) is 13.8 Å². The van der Waals surface area contributed by atoms with E-state index in [2.05, 4.69) is 26.0 Å². The highest BCUT2D eigenvalue weighted by Gasteiger charge is 2.25. The summed E-state index contributed by atoms with van der Waals surface area (Å²) in [5.41, 5.74) is -0.456. The van der Waals surface area contributed by atoms with Crippen LogP contribution in [-0.2, 0) is 4.79 Å². The Kier molecular flexibility index (Phi) is 7.13. The molecule has 0 spiro atoms. The van der Waals surface area contributed by atoms with Crippen LogP contribution in [0.15, 0.2) is 44.7 Å². The Hall–Kier alpha value is -3.31. The van der Waals surface area contributed by atoms with Gasteiger partial charge in [-0.05, 0) is 31.2 Å². The first-order chi connectivity index (χ1) is 15.5. The summed E-state index contributed by atoms with van der Waals surface area (Å²) in [4.78, 5) is 39.7. The molecule has 0 aliphatic heterocycles. The molecule has 0 unspecified atom stereocenters. The fraction of sp³-hybridized carbons (Fsp3) is 0.238. The third-order valence-corrected chi connectivity index (χ3v) is 5.28. The van der Waals surface area contributed by atoms with E-state index in [1.54, 1.807) is 18.2 Å². The molecule has 0 radical (unpaired) electrons. The average molecular weight is 538 g/mol. The fourth-order valence-electron chi connectivity index (χ4n) is 2.96. The molecule has 1 heterocycles. The van der Waals surface area contributed by atoms with Crippen LogP contribution in [0.4, 0.5) is 5.69 Å². The highest BCUT2D eigenvalue weighted by Crippen LogP contribution is 2.34. The van der Waals surface area contributed by atoms with E-state index in [0.29, 0.717) is 21.2 Å². The van der Waals surface area contributed by atoms with Crippen molar-refractivity contribution in [3.63, 3.8) is 0 Å². The van der Waals surface area contributed by atoms with Gasteiger partial charge in [0, 0.05) is 27.0 Å². The predicted molar refractivity (Wildman–Crippen MR) is 127 cm³/mol. The lowest BCUT2D eigenvalue weighted by molar-refractivity contribution is -0.386. The van der Waals surface area contributed by atoms with Gasteiger partial charge in [-0.2, -0.15) is 9.78 Å². The Morgan fingerprint density at radius 1 is 1.33 bits per heavy atom. The average Bonchev–Trinajstić information content (AvgIpc) is 2.74. The van der Waals surface area contributed by atoms with E-state index in [1.165, 1.54) is 13.0 Å². The number of carboxylic acids is 1. The third-order valence-electron chi connectivity index (χ3n) is 4.56. The number of ether oxygens (including phenoxy) is 1. The summed E-state index contributed by atoms with van der Waals surface area (Å²) in [5.74, 6) is -1.47. The number of nitro groups is 1. The maximum absolute atomic E-state index is 13.2. The molecule has 3 rings (SSSR count). The summed E-state index contributed by atoms with van der Waals surface area (Å²) in [6, 6.07) is 7.47. The lowest BCUT2D eigenvalue weighted by Crippen LogP contribution is -2.24. The maximum atomic E-state index is 13.2. The molecule has 0 aliphatic rings. The lowest BCUT2D eigenvalue weighted by Gasteiger charge is -2.14. The van der Waals surface area contributed by atoms with Gasteiger partial charge in [0.15, 0.2) is 6.10 Å². The van der Waals surface area contributed by atoms with E-state index in [-0.39, 0.29) is 22.3 Å². The molecule has 12 heteroatoms. The monoisotopic (exact) mass is 536 g/mol. The minimum atomic E-state index is -1.38. The number of carbonyl (C=O) groups is 1. The molecule has 0 bridgehead atoms. The van der Waals surface area contributed by atoms with Crippen molar-refractivity contribution in [1.82, 2.24) is 9.66 Å². The summed E-state index contributed by atoms with van der Waals surface area (Å²) in [6.45, 7) is 4.91. The molecule has 172 valence electrons. The largest absolute Gasteiger partial charge is 0.479 e. The molecule has 0 saturated carbocycles. The van der Waals surface area contributed by atoms with E-state index >= 15 is 0 Å². The van der Waals surface area contributed by atoms with Gasteiger partial charge in [-0.1, -0.05) is 41.4 Å². The third kappa shape index (κ3) is 5.20. The van der Waals surface area contributed by atoms with Crippen LogP contribution in [0.5, 0.6) is 5.75 Å². The van der Waals surface area contributed by atoms with Gasteiger partial charge in [-0.25, -0.2) is 9.78 Å². The Balaban J connectivity index is 2.23. The Morgan fingerprint density at radius 3 is 2.64 bits per heavy atom. The van der Waals surface area contributed by atoms with E-state index < -0.39 is 28.2 Å². The van der Waals surface area contributed by atoms with Crippen molar-refractivity contribution in [3.8, 4) is 5.75 Å². The van der Waals surface area contributed by atoms with Gasteiger partial charge < -0.3 is 9.84 Å². The molecule has 0 amide bonds. The minimum Gasteiger partial charge on any atom is -0.479 e. The number of aliphatic carboxylic acids is 1. The van der Waals surface area contributed by atoms with Crippen molar-refractivity contribution in [3.05, 3.63) is 71.7 Å². The van der Waals surface area contributed by atoms with Gasteiger partial charge in [0.1, 0.15) is 5.82 Å². The molecule has 0 saturated heterocycles. The molecule has 1 atom stereocenters. The first-order valence-electron chi connectivity index (χ1n) is 9.63. The van der Waals surface area contributed by atoms with Crippen LogP contribution >= 0.6 is 27.5 Å². The molecule has 33 heavy (non-hydrogen) atoms. The van der Waals surface area contributed by atoms with Gasteiger partial charge in [0.2, 0.25) is 5.75 Å². The molecule has 1 N–H and O–H groups in total. The zero-order valence-corrected chi connectivity index (χ0v) is 20.0. The van der Waals surface area contributed by atoms with Crippen LogP contribution < -0.4 is 10.3 Å². The van der Waals surface area contributed by atoms with Gasteiger partial charge >= 0.3 is 11.7 Å². The fourth-order valence-corrected chi connectivity index (χ4v) is 3.54. The molecule has 3 aromatic rings. The van der Waals surface area contributed by atoms with Crippen molar-refractivity contribution >= 4 is 56.3 Å². The summed E-state index contributed by atoms with van der Waals surface area (Å²) >= 11 is 9.36. The van der Waals surface area contributed by atoms with Crippen molar-refractivity contribution in [2.45, 2.75) is 32.8 Å². The van der Waals surface area contributed by atoms with Crippen LogP contribution in [0.1, 0.15) is 38.1 Å². The number of aromatic nitrogens is 2. The normalized spacial score (nSPS) is 12.4. The summed E-state index contributed by atoms with van der Waals surface area (Å²) < 4.78 is 7.12. The van der Waals surface area contributed by atoms with Crippen LogP contribution in [0.2, 0.25) is 5.02 Å². The second-order valence-electron chi connectivity index (χ2n) is 7.35. The molecule has 2 aromatic carbocycles. The number of rotatable bonds is 7. The van der Waals surface area contributed by atoms with Gasteiger partial charge in [0.25, 0.3) is 5.56 Å². The number of nitro benzene ring substituents is 1. The quantitative estimate of drug-likeness (QED) is 0.264. The van der Waals surface area contributed by atoms with Gasteiger partial charge in [-0.3, -0.25) is 14.9 Å². The van der Waals surface area contributed by atoms with Crippen molar-refractivity contribution in [2.24, 2.45) is 5.10 Å². The number of nitrogens with zero attached hydrogens (tertiary/aromatic N) is 4. The van der Waals surface area contributed by atoms with E-state index in [9.17, 15) is 24.8 Å². The van der Waals surface area contributed by atoms with Crippen LogP contribution in [-0.4, -0.2) is 38.0 Å². The summed E-state index contributed by atoms with van der Waals surface area (Å²) in [7, 11) is 0.